The van der Waals surface area contributed by atoms with Crippen molar-refractivity contribution < 1.29 is 14.1 Å². The van der Waals surface area contributed by atoms with Gasteiger partial charge >= 0.3 is 0 Å². The third-order valence-electron chi connectivity index (χ3n) is 2.98. The molecule has 6 nitrogen and oxygen atoms in total. The van der Waals surface area contributed by atoms with Gasteiger partial charge < -0.3 is 14.6 Å². The Labute approximate surface area is 123 Å². The molecule has 1 heterocycles. The van der Waals surface area contributed by atoms with Crippen LogP contribution in [0.1, 0.15) is 25.7 Å². The minimum atomic E-state index is 0.0435. The molecular weight excluding hydrogens is 270 g/mol. The SMILES string of the molecule is CCNC(=O)CCCc1nc(-c2ccccc2OC)no1. The molecule has 0 bridgehead atoms. The van der Waals surface area contributed by atoms with Crippen molar-refractivity contribution in [1.82, 2.24) is 15.5 Å². The Morgan fingerprint density at radius 2 is 2.19 bits per heavy atom. The van der Waals surface area contributed by atoms with Gasteiger partial charge in [-0.2, -0.15) is 4.98 Å². The summed E-state index contributed by atoms with van der Waals surface area (Å²) in [5, 5.41) is 6.72. The average molecular weight is 289 g/mol. The zero-order chi connectivity index (χ0) is 15.1. The van der Waals surface area contributed by atoms with Gasteiger partial charge in [-0.25, -0.2) is 0 Å². The lowest BCUT2D eigenvalue weighted by molar-refractivity contribution is -0.121. The van der Waals surface area contributed by atoms with Crippen LogP contribution in [0.15, 0.2) is 28.8 Å². The van der Waals surface area contributed by atoms with E-state index < -0.39 is 0 Å². The van der Waals surface area contributed by atoms with E-state index in [9.17, 15) is 4.79 Å². The van der Waals surface area contributed by atoms with E-state index in [1.807, 2.05) is 31.2 Å². The van der Waals surface area contributed by atoms with Gasteiger partial charge in [0.1, 0.15) is 5.75 Å². The largest absolute Gasteiger partial charge is 0.496 e. The number of amides is 1. The van der Waals surface area contributed by atoms with Crippen molar-refractivity contribution in [3.8, 4) is 17.1 Å². The first-order chi connectivity index (χ1) is 10.2. The minimum absolute atomic E-state index is 0.0435. The lowest BCUT2D eigenvalue weighted by Crippen LogP contribution is -2.22. The van der Waals surface area contributed by atoms with Crippen molar-refractivity contribution in [3.05, 3.63) is 30.2 Å². The fourth-order valence-corrected chi connectivity index (χ4v) is 1.98. The van der Waals surface area contributed by atoms with E-state index in [4.69, 9.17) is 9.26 Å². The second kappa shape index (κ2) is 7.42. The molecule has 1 amide bonds. The number of nitrogens with one attached hydrogen (secondary N) is 1. The number of nitrogens with zero attached hydrogens (tertiary/aromatic N) is 2. The maximum atomic E-state index is 11.3. The van der Waals surface area contributed by atoms with Gasteiger partial charge in [0.05, 0.1) is 12.7 Å². The first kappa shape index (κ1) is 15.0. The minimum Gasteiger partial charge on any atom is -0.496 e. The second-order valence-electron chi connectivity index (χ2n) is 4.52. The highest BCUT2D eigenvalue weighted by Crippen LogP contribution is 2.27. The van der Waals surface area contributed by atoms with Crippen molar-refractivity contribution in [2.75, 3.05) is 13.7 Å². The number of hydrogen-bond donors (Lipinski definition) is 1. The van der Waals surface area contributed by atoms with Crippen molar-refractivity contribution in [2.24, 2.45) is 0 Å². The van der Waals surface area contributed by atoms with E-state index in [1.165, 1.54) is 0 Å². The van der Waals surface area contributed by atoms with Crippen LogP contribution in [0.3, 0.4) is 0 Å². The highest BCUT2D eigenvalue weighted by Gasteiger charge is 2.12. The smallest absolute Gasteiger partial charge is 0.226 e. The highest BCUT2D eigenvalue weighted by atomic mass is 16.5. The van der Waals surface area contributed by atoms with Gasteiger partial charge in [0, 0.05) is 19.4 Å². The monoisotopic (exact) mass is 289 g/mol. The van der Waals surface area contributed by atoms with Crippen molar-refractivity contribution in [3.63, 3.8) is 0 Å². The van der Waals surface area contributed by atoms with Crippen LogP contribution in [0, 0.1) is 0 Å². The second-order valence-corrected chi connectivity index (χ2v) is 4.52. The summed E-state index contributed by atoms with van der Waals surface area (Å²) in [6.45, 7) is 2.55. The van der Waals surface area contributed by atoms with Gasteiger partial charge in [0.15, 0.2) is 0 Å². The molecule has 1 N–H and O–H groups in total. The van der Waals surface area contributed by atoms with E-state index in [-0.39, 0.29) is 5.91 Å². The Kier molecular flexibility index (Phi) is 5.31. The number of hydrogen-bond acceptors (Lipinski definition) is 5. The van der Waals surface area contributed by atoms with Gasteiger partial charge in [0.2, 0.25) is 17.6 Å². The molecule has 0 spiro atoms. The van der Waals surface area contributed by atoms with E-state index in [0.717, 1.165) is 5.56 Å². The standard InChI is InChI=1S/C15H19N3O3/c1-3-16-13(19)9-6-10-14-17-15(18-21-14)11-7-4-5-8-12(11)20-2/h4-5,7-8H,3,6,9-10H2,1-2H3,(H,16,19). The highest BCUT2D eigenvalue weighted by molar-refractivity contribution is 5.75. The number of methoxy groups -OCH3 is 1. The van der Waals surface area contributed by atoms with Crippen LogP contribution in [0.25, 0.3) is 11.4 Å². The summed E-state index contributed by atoms with van der Waals surface area (Å²) >= 11 is 0. The number of benzene rings is 1. The maximum absolute atomic E-state index is 11.3. The third-order valence-corrected chi connectivity index (χ3v) is 2.98. The molecule has 21 heavy (non-hydrogen) atoms. The van der Waals surface area contributed by atoms with Gasteiger partial charge in [-0.1, -0.05) is 17.3 Å². The molecule has 112 valence electrons. The van der Waals surface area contributed by atoms with Crippen LogP contribution in [-0.4, -0.2) is 29.7 Å². The van der Waals surface area contributed by atoms with E-state index >= 15 is 0 Å². The Balaban J connectivity index is 1.97. The maximum Gasteiger partial charge on any atom is 0.226 e. The van der Waals surface area contributed by atoms with Gasteiger partial charge in [-0.3, -0.25) is 4.79 Å². The quantitative estimate of drug-likeness (QED) is 0.845. The fourth-order valence-electron chi connectivity index (χ4n) is 1.98. The van der Waals surface area contributed by atoms with Crippen molar-refractivity contribution in [1.29, 1.82) is 0 Å². The Hall–Kier alpha value is -2.37. The van der Waals surface area contributed by atoms with Gasteiger partial charge in [-0.15, -0.1) is 0 Å². The molecule has 0 saturated carbocycles. The Morgan fingerprint density at radius 3 is 2.95 bits per heavy atom. The Morgan fingerprint density at radius 1 is 1.38 bits per heavy atom. The summed E-state index contributed by atoms with van der Waals surface area (Å²) in [5.74, 6) is 1.77. The molecule has 2 aromatic rings. The summed E-state index contributed by atoms with van der Waals surface area (Å²) in [7, 11) is 1.60. The first-order valence-corrected chi connectivity index (χ1v) is 6.97. The molecule has 1 aromatic heterocycles. The van der Waals surface area contributed by atoms with Crippen LogP contribution in [0.4, 0.5) is 0 Å². The molecule has 0 aliphatic carbocycles. The third kappa shape index (κ3) is 4.05. The Bertz CT molecular complexity index is 595. The molecular formula is C15H19N3O3. The molecule has 6 heteroatoms. The van der Waals surface area contributed by atoms with E-state index in [1.54, 1.807) is 7.11 Å². The number of carbonyl (C=O) groups excluding carboxylic acids is 1. The summed E-state index contributed by atoms with van der Waals surface area (Å²) in [6, 6.07) is 7.50. The molecule has 0 unspecified atom stereocenters. The summed E-state index contributed by atoms with van der Waals surface area (Å²) in [4.78, 5) is 15.7. The molecule has 1 aromatic carbocycles. The fraction of sp³-hybridized carbons (Fsp3) is 0.400. The van der Waals surface area contributed by atoms with Crippen molar-refractivity contribution in [2.45, 2.75) is 26.2 Å². The van der Waals surface area contributed by atoms with Crippen LogP contribution < -0.4 is 10.1 Å². The first-order valence-electron chi connectivity index (χ1n) is 6.97. The number of aromatic nitrogens is 2. The predicted octanol–water partition coefficient (Wildman–Crippen LogP) is 2.20. The lowest BCUT2D eigenvalue weighted by Gasteiger charge is -2.03. The number of rotatable bonds is 7. The lowest BCUT2D eigenvalue weighted by atomic mass is 10.2. The average Bonchev–Trinajstić information content (AvgIpc) is 2.96. The van der Waals surface area contributed by atoms with Crippen LogP contribution in [0.2, 0.25) is 0 Å². The van der Waals surface area contributed by atoms with Gasteiger partial charge in [-0.05, 0) is 25.5 Å². The zero-order valence-corrected chi connectivity index (χ0v) is 12.3. The summed E-state index contributed by atoms with van der Waals surface area (Å²) in [6.07, 6.45) is 1.72. The van der Waals surface area contributed by atoms with E-state index in [0.29, 0.717) is 43.3 Å². The summed E-state index contributed by atoms with van der Waals surface area (Å²) in [5.41, 5.74) is 0.790. The molecule has 0 atom stereocenters. The van der Waals surface area contributed by atoms with E-state index in [2.05, 4.69) is 15.5 Å². The molecule has 0 radical (unpaired) electrons. The molecule has 0 fully saturated rings. The number of carbonyl (C=O) groups is 1. The summed E-state index contributed by atoms with van der Waals surface area (Å²) < 4.78 is 10.5. The zero-order valence-electron chi connectivity index (χ0n) is 12.3. The molecule has 0 saturated heterocycles. The number of ether oxygens (including phenoxy) is 1. The van der Waals surface area contributed by atoms with Gasteiger partial charge in [0.25, 0.3) is 0 Å². The molecule has 0 aliphatic rings. The molecule has 2 rings (SSSR count). The van der Waals surface area contributed by atoms with Crippen LogP contribution in [0.5, 0.6) is 5.75 Å². The number of aryl methyl sites for hydroxylation is 1. The van der Waals surface area contributed by atoms with Crippen LogP contribution in [-0.2, 0) is 11.2 Å². The topological polar surface area (TPSA) is 77.2 Å². The predicted molar refractivity (Wildman–Crippen MR) is 77.9 cm³/mol. The number of para-hydroxylation sites is 1. The molecule has 0 aliphatic heterocycles. The van der Waals surface area contributed by atoms with Crippen molar-refractivity contribution >= 4 is 5.91 Å². The normalized spacial score (nSPS) is 10.4. The van der Waals surface area contributed by atoms with Crippen LogP contribution >= 0.6 is 0 Å².